The van der Waals surface area contributed by atoms with Crippen LogP contribution in [0, 0.1) is 0 Å². The molecule has 0 saturated carbocycles. The highest BCUT2D eigenvalue weighted by molar-refractivity contribution is 5.73. The standard InChI is InChI=1S/C18H22N2O2/c1-18(22,16-10-6-3-7-11-16)14-20-17(21)19-13-12-15-8-4-2-5-9-15/h2-11,22H,12-14H2,1H3,(H2,19,20,21). The lowest BCUT2D eigenvalue weighted by Gasteiger charge is -2.24. The van der Waals surface area contributed by atoms with Crippen LogP contribution in [0.3, 0.4) is 0 Å². The van der Waals surface area contributed by atoms with Gasteiger partial charge in [-0.3, -0.25) is 0 Å². The Bertz CT molecular complexity index is 583. The third-order valence-electron chi connectivity index (χ3n) is 3.53. The Hall–Kier alpha value is -2.33. The minimum Gasteiger partial charge on any atom is -0.384 e. The molecule has 2 aromatic carbocycles. The normalized spacial score (nSPS) is 13.2. The fraction of sp³-hybridized carbons (Fsp3) is 0.278. The zero-order valence-corrected chi connectivity index (χ0v) is 12.8. The van der Waals surface area contributed by atoms with E-state index in [0.717, 1.165) is 12.0 Å². The first-order valence-corrected chi connectivity index (χ1v) is 7.41. The van der Waals surface area contributed by atoms with E-state index in [2.05, 4.69) is 10.6 Å². The van der Waals surface area contributed by atoms with Gasteiger partial charge in [-0.25, -0.2) is 4.79 Å². The smallest absolute Gasteiger partial charge is 0.314 e. The maximum absolute atomic E-state index is 11.8. The van der Waals surface area contributed by atoms with Crippen LogP contribution in [0.2, 0.25) is 0 Å². The minimum absolute atomic E-state index is 0.161. The minimum atomic E-state index is -1.09. The van der Waals surface area contributed by atoms with E-state index in [-0.39, 0.29) is 12.6 Å². The van der Waals surface area contributed by atoms with Crippen LogP contribution < -0.4 is 10.6 Å². The average molecular weight is 298 g/mol. The molecule has 22 heavy (non-hydrogen) atoms. The van der Waals surface area contributed by atoms with Crippen LogP contribution in [0.5, 0.6) is 0 Å². The Balaban J connectivity index is 1.73. The molecule has 3 N–H and O–H groups in total. The van der Waals surface area contributed by atoms with E-state index in [1.807, 2.05) is 60.7 Å². The monoisotopic (exact) mass is 298 g/mol. The first kappa shape index (κ1) is 16.0. The van der Waals surface area contributed by atoms with E-state index in [9.17, 15) is 9.90 Å². The molecule has 0 heterocycles. The van der Waals surface area contributed by atoms with Gasteiger partial charge in [-0.1, -0.05) is 60.7 Å². The summed E-state index contributed by atoms with van der Waals surface area (Å²) in [6.07, 6.45) is 0.781. The summed E-state index contributed by atoms with van der Waals surface area (Å²) in [6.45, 7) is 2.41. The summed E-state index contributed by atoms with van der Waals surface area (Å²) < 4.78 is 0. The molecule has 0 saturated heterocycles. The van der Waals surface area contributed by atoms with E-state index in [1.54, 1.807) is 6.92 Å². The number of amides is 2. The van der Waals surface area contributed by atoms with Gasteiger partial charge in [0, 0.05) is 6.54 Å². The molecule has 2 amide bonds. The van der Waals surface area contributed by atoms with Crippen LogP contribution in [-0.4, -0.2) is 24.2 Å². The molecule has 4 nitrogen and oxygen atoms in total. The zero-order valence-electron chi connectivity index (χ0n) is 12.8. The van der Waals surface area contributed by atoms with Crippen LogP contribution in [-0.2, 0) is 12.0 Å². The van der Waals surface area contributed by atoms with Crippen LogP contribution in [0.4, 0.5) is 4.79 Å². The molecule has 1 atom stereocenters. The van der Waals surface area contributed by atoms with Gasteiger partial charge in [-0.15, -0.1) is 0 Å². The molecule has 4 heteroatoms. The van der Waals surface area contributed by atoms with Crippen molar-refractivity contribution < 1.29 is 9.90 Å². The van der Waals surface area contributed by atoms with Crippen LogP contribution in [0.1, 0.15) is 18.1 Å². The van der Waals surface area contributed by atoms with Crippen molar-refractivity contribution in [3.8, 4) is 0 Å². The Morgan fingerprint density at radius 1 is 1.00 bits per heavy atom. The summed E-state index contributed by atoms with van der Waals surface area (Å²) in [6, 6.07) is 19.0. The number of aliphatic hydroxyl groups is 1. The Kier molecular flexibility index (Phi) is 5.55. The number of benzene rings is 2. The molecule has 2 aromatic rings. The molecule has 1 unspecified atom stereocenters. The van der Waals surface area contributed by atoms with Crippen molar-refractivity contribution in [3.05, 3.63) is 71.8 Å². The Morgan fingerprint density at radius 2 is 1.59 bits per heavy atom. The van der Waals surface area contributed by atoms with E-state index < -0.39 is 5.60 Å². The summed E-state index contributed by atoms with van der Waals surface area (Å²) >= 11 is 0. The predicted octanol–water partition coefficient (Wildman–Crippen LogP) is 2.44. The fourth-order valence-corrected chi connectivity index (χ4v) is 2.18. The topological polar surface area (TPSA) is 61.4 Å². The second-order valence-corrected chi connectivity index (χ2v) is 5.48. The fourth-order valence-electron chi connectivity index (χ4n) is 2.18. The molecule has 2 rings (SSSR count). The Labute approximate surface area is 131 Å². The van der Waals surface area contributed by atoms with Crippen molar-refractivity contribution in [1.82, 2.24) is 10.6 Å². The molecular weight excluding hydrogens is 276 g/mol. The van der Waals surface area contributed by atoms with E-state index in [4.69, 9.17) is 0 Å². The molecule has 116 valence electrons. The molecule has 0 aliphatic heterocycles. The quantitative estimate of drug-likeness (QED) is 0.767. The zero-order chi connectivity index (χ0) is 15.8. The lowest BCUT2D eigenvalue weighted by atomic mass is 9.96. The van der Waals surface area contributed by atoms with Crippen molar-refractivity contribution in [2.45, 2.75) is 18.9 Å². The third-order valence-corrected chi connectivity index (χ3v) is 3.53. The Morgan fingerprint density at radius 3 is 2.23 bits per heavy atom. The van der Waals surface area contributed by atoms with Gasteiger partial charge in [0.2, 0.25) is 0 Å². The lowest BCUT2D eigenvalue weighted by molar-refractivity contribution is 0.0594. The van der Waals surface area contributed by atoms with Gasteiger partial charge < -0.3 is 15.7 Å². The van der Waals surface area contributed by atoms with Crippen molar-refractivity contribution in [1.29, 1.82) is 0 Å². The summed E-state index contributed by atoms with van der Waals surface area (Å²) in [4.78, 5) is 11.8. The predicted molar refractivity (Wildman–Crippen MR) is 87.6 cm³/mol. The molecule has 0 aliphatic rings. The van der Waals surface area contributed by atoms with Gasteiger partial charge in [0.1, 0.15) is 5.60 Å². The summed E-state index contributed by atoms with van der Waals surface area (Å²) in [7, 11) is 0. The molecule has 0 aromatic heterocycles. The van der Waals surface area contributed by atoms with Gasteiger partial charge in [0.15, 0.2) is 0 Å². The summed E-state index contributed by atoms with van der Waals surface area (Å²) in [5.41, 5.74) is 0.872. The molecule has 0 spiro atoms. The van der Waals surface area contributed by atoms with Crippen molar-refractivity contribution in [3.63, 3.8) is 0 Å². The summed E-state index contributed by atoms with van der Waals surface area (Å²) in [5.74, 6) is 0. The maximum atomic E-state index is 11.8. The van der Waals surface area contributed by atoms with E-state index in [1.165, 1.54) is 5.56 Å². The molecule has 0 radical (unpaired) electrons. The molecule has 0 bridgehead atoms. The van der Waals surface area contributed by atoms with Crippen LogP contribution >= 0.6 is 0 Å². The number of carbonyl (C=O) groups excluding carboxylic acids is 1. The van der Waals surface area contributed by atoms with Gasteiger partial charge in [-0.05, 0) is 24.5 Å². The number of nitrogens with one attached hydrogen (secondary N) is 2. The largest absolute Gasteiger partial charge is 0.384 e. The lowest BCUT2D eigenvalue weighted by Crippen LogP contribution is -2.43. The average Bonchev–Trinajstić information content (AvgIpc) is 2.55. The third kappa shape index (κ3) is 4.90. The SMILES string of the molecule is CC(O)(CNC(=O)NCCc1ccccc1)c1ccccc1. The number of carbonyl (C=O) groups is 1. The second-order valence-electron chi connectivity index (χ2n) is 5.48. The molecule has 0 fully saturated rings. The maximum Gasteiger partial charge on any atom is 0.314 e. The first-order chi connectivity index (χ1) is 10.6. The van der Waals surface area contributed by atoms with Gasteiger partial charge in [0.25, 0.3) is 0 Å². The van der Waals surface area contributed by atoms with E-state index in [0.29, 0.717) is 6.54 Å². The highest BCUT2D eigenvalue weighted by Crippen LogP contribution is 2.18. The number of hydrogen-bond donors (Lipinski definition) is 3. The van der Waals surface area contributed by atoms with Gasteiger partial charge in [-0.2, -0.15) is 0 Å². The van der Waals surface area contributed by atoms with E-state index >= 15 is 0 Å². The van der Waals surface area contributed by atoms with Gasteiger partial charge in [0.05, 0.1) is 6.54 Å². The molecule has 0 aliphatic carbocycles. The van der Waals surface area contributed by atoms with Crippen molar-refractivity contribution in [2.24, 2.45) is 0 Å². The number of hydrogen-bond acceptors (Lipinski definition) is 2. The van der Waals surface area contributed by atoms with Crippen molar-refractivity contribution >= 4 is 6.03 Å². The van der Waals surface area contributed by atoms with Crippen LogP contribution in [0.25, 0.3) is 0 Å². The number of urea groups is 1. The first-order valence-electron chi connectivity index (χ1n) is 7.41. The highest BCUT2D eigenvalue weighted by atomic mass is 16.3. The van der Waals surface area contributed by atoms with Crippen LogP contribution in [0.15, 0.2) is 60.7 Å². The molecular formula is C18H22N2O2. The van der Waals surface area contributed by atoms with Crippen molar-refractivity contribution in [2.75, 3.05) is 13.1 Å². The highest BCUT2D eigenvalue weighted by Gasteiger charge is 2.23. The van der Waals surface area contributed by atoms with Gasteiger partial charge >= 0.3 is 6.03 Å². The number of rotatable bonds is 6. The second kappa shape index (κ2) is 7.61. The summed E-state index contributed by atoms with van der Waals surface area (Å²) in [5, 5.41) is 15.9.